The molecule has 2 aliphatic rings. The van der Waals surface area contributed by atoms with E-state index < -0.39 is 8.38 Å². The van der Waals surface area contributed by atoms with Crippen LogP contribution in [0.2, 0.25) is 5.15 Å². The van der Waals surface area contributed by atoms with Gasteiger partial charge in [0.25, 0.3) is 0 Å². The predicted molar refractivity (Wildman–Crippen MR) is 195 cm³/mol. The molecular formula is C33H44ClN5O10P2. The summed E-state index contributed by atoms with van der Waals surface area (Å²) in [5, 5.41) is 8.73. The molecule has 0 radical (unpaired) electrons. The maximum Gasteiger partial charge on any atom is 0.231 e. The summed E-state index contributed by atoms with van der Waals surface area (Å²) >= 11 is 6.45. The minimum absolute atomic E-state index is 0.0177. The largest absolute Gasteiger partial charge is 0.491 e. The highest BCUT2D eigenvalue weighted by Gasteiger charge is 2.35. The topological polar surface area (TPSA) is 168 Å². The van der Waals surface area contributed by atoms with Crippen LogP contribution in [0.5, 0.6) is 5.75 Å². The summed E-state index contributed by atoms with van der Waals surface area (Å²) in [6.07, 6.45) is 7.94. The number of nitrogens with zero attached hydrogens (tertiary/aromatic N) is 4. The minimum atomic E-state index is -1.95. The first-order valence-corrected chi connectivity index (χ1v) is 19.6. The van der Waals surface area contributed by atoms with Crippen molar-refractivity contribution in [1.82, 2.24) is 14.8 Å². The van der Waals surface area contributed by atoms with E-state index in [2.05, 4.69) is 26.2 Å². The zero-order chi connectivity index (χ0) is 35.8. The quantitative estimate of drug-likeness (QED) is 0.0553. The first-order chi connectivity index (χ1) is 24.9. The Labute approximate surface area is 304 Å². The number of pyridine rings is 1. The zero-order valence-corrected chi connectivity index (χ0v) is 30.8. The Morgan fingerprint density at radius 2 is 1.73 bits per heavy atom. The van der Waals surface area contributed by atoms with Crippen molar-refractivity contribution in [2.24, 2.45) is 5.92 Å². The van der Waals surface area contributed by atoms with Gasteiger partial charge in [-0.15, -0.1) is 6.42 Å². The first kappa shape index (κ1) is 39.5. The van der Waals surface area contributed by atoms with Crippen LogP contribution in [-0.2, 0) is 33.0 Å². The molecule has 18 heteroatoms. The van der Waals surface area contributed by atoms with Crippen molar-refractivity contribution >= 4 is 57.1 Å². The molecular weight excluding hydrogens is 724 g/mol. The second-order valence-corrected chi connectivity index (χ2v) is 14.6. The van der Waals surface area contributed by atoms with Gasteiger partial charge >= 0.3 is 0 Å². The third-order valence-electron chi connectivity index (χ3n) is 7.96. The summed E-state index contributed by atoms with van der Waals surface area (Å²) in [7, 11) is -1.93. The summed E-state index contributed by atoms with van der Waals surface area (Å²) in [6, 6.07) is 9.04. The number of nitrogens with one attached hydrogen (secondary N) is 1. The summed E-state index contributed by atoms with van der Waals surface area (Å²) in [5.74, 6) is 3.05. The van der Waals surface area contributed by atoms with E-state index in [9.17, 15) is 4.79 Å². The van der Waals surface area contributed by atoms with E-state index in [0.717, 1.165) is 23.9 Å². The summed E-state index contributed by atoms with van der Waals surface area (Å²) in [5.41, 5.74) is 2.17. The van der Waals surface area contributed by atoms with Crippen LogP contribution in [0.1, 0.15) is 19.1 Å². The van der Waals surface area contributed by atoms with Gasteiger partial charge < -0.3 is 52.9 Å². The lowest BCUT2D eigenvalue weighted by atomic mass is 9.97. The molecule has 3 atom stereocenters. The molecule has 3 N–H and O–H groups in total. The fourth-order valence-electron chi connectivity index (χ4n) is 5.42. The second kappa shape index (κ2) is 21.1. The van der Waals surface area contributed by atoms with Gasteiger partial charge in [-0.05, 0) is 43.2 Å². The van der Waals surface area contributed by atoms with Crippen LogP contribution in [-0.4, -0.2) is 122 Å². The second-order valence-electron chi connectivity index (χ2n) is 11.6. The highest BCUT2D eigenvalue weighted by molar-refractivity contribution is 7.58. The molecule has 0 spiro atoms. The molecule has 1 amide bonds. The van der Waals surface area contributed by atoms with Crippen molar-refractivity contribution < 1.29 is 47.5 Å². The van der Waals surface area contributed by atoms with Crippen molar-refractivity contribution in [1.29, 1.82) is 0 Å². The van der Waals surface area contributed by atoms with Gasteiger partial charge in [0.15, 0.2) is 20.3 Å². The van der Waals surface area contributed by atoms with Crippen LogP contribution in [0.15, 0.2) is 36.5 Å². The van der Waals surface area contributed by atoms with Gasteiger partial charge in [-0.3, -0.25) is 4.79 Å². The Balaban J connectivity index is 0.976. The molecule has 15 nitrogen and oxygen atoms in total. The molecule has 2 aromatic heterocycles. The molecule has 4 heterocycles. The molecule has 278 valence electrons. The monoisotopic (exact) mass is 767 g/mol. The Bertz CT molecular complexity index is 1560. The minimum Gasteiger partial charge on any atom is -0.491 e. The van der Waals surface area contributed by atoms with Crippen molar-refractivity contribution in [2.45, 2.75) is 25.2 Å². The van der Waals surface area contributed by atoms with Crippen LogP contribution < -0.4 is 15.0 Å². The Morgan fingerprint density at radius 3 is 2.41 bits per heavy atom. The molecule has 5 rings (SSSR count). The number of carbonyl (C=O) groups excluding carboxylic acids is 1. The number of fused-ring (bicyclic) bond motifs is 1. The highest BCUT2D eigenvalue weighted by atomic mass is 35.5. The number of carbonyl (C=O) groups is 1. The third kappa shape index (κ3) is 12.4. The van der Waals surface area contributed by atoms with Crippen LogP contribution in [0.25, 0.3) is 11.0 Å². The maximum atomic E-state index is 13.0. The van der Waals surface area contributed by atoms with Crippen molar-refractivity contribution in [2.75, 3.05) is 95.3 Å². The lowest BCUT2D eigenvalue weighted by Crippen LogP contribution is -2.52. The Hall–Kier alpha value is -2.70. The first-order valence-electron chi connectivity index (χ1n) is 16.6. The number of hydrogen-bond donors (Lipinski definition) is 3. The van der Waals surface area contributed by atoms with Crippen LogP contribution in [0, 0.1) is 18.3 Å². The molecule has 0 aliphatic carbocycles. The highest BCUT2D eigenvalue weighted by Crippen LogP contribution is 2.38. The lowest BCUT2D eigenvalue weighted by Gasteiger charge is -2.40. The normalized spacial score (nSPS) is 17.8. The van der Waals surface area contributed by atoms with Gasteiger partial charge in [0.2, 0.25) is 5.91 Å². The standard InChI is InChI=1S/C33H44ClN5O10P2/c1-2-9-43-10-11-44-12-13-45-14-15-46-16-17-47-26-5-3-25(4-6-26)36-33(40)24-20-38(21-24)29-18-30(34)37-32-28(29)19-35-39(32)31-8-7-27(49-31)22-48-50-23-51(41)42/h1,3-6,18-19,24,27,31,41-42,50H,7-17,20-23H2,(H,36,40). The van der Waals surface area contributed by atoms with E-state index in [1.165, 1.54) is 0 Å². The SMILES string of the molecule is C#CCOCCOCCOCCOCCOc1ccc(NC(=O)C2CN(c3cc(Cl)nc4c3cnn4C3CCC(COPCP(O)O)O3)C2)cc1. The van der Waals surface area contributed by atoms with E-state index in [-0.39, 0.29) is 45.5 Å². The number of amides is 1. The maximum absolute atomic E-state index is 13.0. The van der Waals surface area contributed by atoms with Gasteiger partial charge in [-0.2, -0.15) is 5.10 Å². The van der Waals surface area contributed by atoms with Crippen LogP contribution in [0.4, 0.5) is 11.4 Å². The number of benzene rings is 1. The molecule has 1 aromatic carbocycles. The molecule has 51 heavy (non-hydrogen) atoms. The van der Waals surface area contributed by atoms with E-state index >= 15 is 0 Å². The molecule has 3 unspecified atom stereocenters. The van der Waals surface area contributed by atoms with Gasteiger partial charge in [0.05, 0.1) is 88.1 Å². The van der Waals surface area contributed by atoms with Gasteiger partial charge in [-0.25, -0.2) is 9.67 Å². The van der Waals surface area contributed by atoms with E-state index in [1.807, 2.05) is 24.3 Å². The number of terminal acetylenes is 1. The summed E-state index contributed by atoms with van der Waals surface area (Å²) in [6.45, 7) is 5.35. The average Bonchev–Trinajstić information content (AvgIpc) is 3.74. The van der Waals surface area contributed by atoms with Crippen molar-refractivity contribution in [3.8, 4) is 18.1 Å². The van der Waals surface area contributed by atoms with E-state index in [0.29, 0.717) is 94.8 Å². The number of halogens is 1. The Kier molecular flexibility index (Phi) is 16.4. The zero-order valence-electron chi connectivity index (χ0n) is 28.2. The lowest BCUT2D eigenvalue weighted by molar-refractivity contribution is -0.120. The predicted octanol–water partition coefficient (Wildman–Crippen LogP) is 3.78. The van der Waals surface area contributed by atoms with Crippen molar-refractivity contribution in [3.63, 3.8) is 0 Å². The number of hydrogen-bond acceptors (Lipinski definition) is 13. The number of rotatable bonds is 23. The molecule has 0 bridgehead atoms. The van der Waals surface area contributed by atoms with Crippen molar-refractivity contribution in [3.05, 3.63) is 41.7 Å². The van der Waals surface area contributed by atoms with Gasteiger partial charge in [-0.1, -0.05) is 17.5 Å². The average molecular weight is 768 g/mol. The number of anilines is 2. The fraction of sp³-hybridized carbons (Fsp3) is 0.545. The molecule has 0 saturated carbocycles. The van der Waals surface area contributed by atoms with Gasteiger partial charge in [0, 0.05) is 27.6 Å². The molecule has 2 fully saturated rings. The van der Waals surface area contributed by atoms with Crippen LogP contribution in [0.3, 0.4) is 0 Å². The third-order valence-corrected chi connectivity index (χ3v) is 10.2. The number of aromatic nitrogens is 3. The van der Waals surface area contributed by atoms with E-state index in [4.69, 9.17) is 60.8 Å². The molecule has 2 saturated heterocycles. The van der Waals surface area contributed by atoms with Gasteiger partial charge in [0.1, 0.15) is 24.1 Å². The summed E-state index contributed by atoms with van der Waals surface area (Å²) < 4.78 is 40.7. The smallest absolute Gasteiger partial charge is 0.231 e. The fourth-order valence-corrected chi connectivity index (χ4v) is 6.73. The summed E-state index contributed by atoms with van der Waals surface area (Å²) in [4.78, 5) is 37.8. The molecule has 3 aromatic rings. The van der Waals surface area contributed by atoms with E-state index in [1.54, 1.807) is 16.9 Å². The molecule has 2 aliphatic heterocycles. The number of ether oxygens (including phenoxy) is 6. The Morgan fingerprint density at radius 1 is 1.04 bits per heavy atom. The van der Waals surface area contributed by atoms with Crippen LogP contribution >= 0.6 is 28.8 Å².